The number of hydrogen-bond acceptors (Lipinski definition) is 2. The minimum Gasteiger partial charge on any atom is -0.378 e. The van der Waals surface area contributed by atoms with Crippen LogP contribution in [-0.2, 0) is 4.74 Å². The summed E-state index contributed by atoms with van der Waals surface area (Å²) in [7, 11) is 0. The van der Waals surface area contributed by atoms with Gasteiger partial charge in [0.2, 0.25) is 0 Å². The molecule has 82 valence electrons. The zero-order valence-corrected chi connectivity index (χ0v) is 10.5. The SMILES string of the molecule is CC(CNC1COC1)c1ccccc1Br. The van der Waals surface area contributed by atoms with E-state index in [2.05, 4.69) is 46.4 Å². The van der Waals surface area contributed by atoms with Crippen molar-refractivity contribution in [3.05, 3.63) is 34.3 Å². The molecule has 2 nitrogen and oxygen atoms in total. The van der Waals surface area contributed by atoms with Crippen LogP contribution in [0, 0.1) is 0 Å². The van der Waals surface area contributed by atoms with Gasteiger partial charge in [0.15, 0.2) is 0 Å². The predicted molar refractivity (Wildman–Crippen MR) is 65.2 cm³/mol. The van der Waals surface area contributed by atoms with Crippen LogP contribution in [0.3, 0.4) is 0 Å². The number of ether oxygens (including phenoxy) is 1. The van der Waals surface area contributed by atoms with Gasteiger partial charge in [-0.25, -0.2) is 0 Å². The van der Waals surface area contributed by atoms with Crippen molar-refractivity contribution in [2.24, 2.45) is 0 Å². The van der Waals surface area contributed by atoms with E-state index in [1.165, 1.54) is 10.0 Å². The largest absolute Gasteiger partial charge is 0.378 e. The van der Waals surface area contributed by atoms with E-state index >= 15 is 0 Å². The fraction of sp³-hybridized carbons (Fsp3) is 0.500. The van der Waals surface area contributed by atoms with Crippen molar-refractivity contribution < 1.29 is 4.74 Å². The molecule has 1 unspecified atom stereocenters. The van der Waals surface area contributed by atoms with Crippen molar-refractivity contribution in [2.75, 3.05) is 19.8 Å². The molecule has 0 aliphatic carbocycles. The van der Waals surface area contributed by atoms with Crippen LogP contribution in [-0.4, -0.2) is 25.8 Å². The van der Waals surface area contributed by atoms with Gasteiger partial charge in [0.05, 0.1) is 19.3 Å². The van der Waals surface area contributed by atoms with Crippen molar-refractivity contribution in [3.63, 3.8) is 0 Å². The highest BCUT2D eigenvalue weighted by molar-refractivity contribution is 9.10. The van der Waals surface area contributed by atoms with Crippen LogP contribution >= 0.6 is 15.9 Å². The predicted octanol–water partition coefficient (Wildman–Crippen LogP) is 2.54. The maximum absolute atomic E-state index is 5.12. The molecule has 0 spiro atoms. The second-order valence-electron chi connectivity index (χ2n) is 4.07. The summed E-state index contributed by atoms with van der Waals surface area (Å²) in [6.07, 6.45) is 0. The quantitative estimate of drug-likeness (QED) is 0.907. The highest BCUT2D eigenvalue weighted by Gasteiger charge is 2.18. The molecule has 2 rings (SSSR count). The van der Waals surface area contributed by atoms with E-state index in [-0.39, 0.29) is 0 Å². The monoisotopic (exact) mass is 269 g/mol. The number of nitrogens with one attached hydrogen (secondary N) is 1. The summed E-state index contributed by atoms with van der Waals surface area (Å²) < 4.78 is 6.32. The Morgan fingerprint density at radius 2 is 2.20 bits per heavy atom. The molecule has 1 N–H and O–H groups in total. The lowest BCUT2D eigenvalue weighted by atomic mass is 10.0. The van der Waals surface area contributed by atoms with Crippen LogP contribution in [0.5, 0.6) is 0 Å². The molecule has 1 fully saturated rings. The molecule has 1 atom stereocenters. The summed E-state index contributed by atoms with van der Waals surface area (Å²) in [6, 6.07) is 8.97. The summed E-state index contributed by atoms with van der Waals surface area (Å²) in [6.45, 7) is 4.98. The smallest absolute Gasteiger partial charge is 0.0643 e. The lowest BCUT2D eigenvalue weighted by Crippen LogP contribution is -2.47. The molecule has 15 heavy (non-hydrogen) atoms. The Morgan fingerprint density at radius 3 is 2.80 bits per heavy atom. The molecule has 1 aliphatic rings. The minimum absolute atomic E-state index is 0.529. The van der Waals surface area contributed by atoms with Gasteiger partial charge in [-0.05, 0) is 17.5 Å². The molecule has 0 saturated carbocycles. The summed E-state index contributed by atoms with van der Waals surface area (Å²) in [5, 5.41) is 3.50. The maximum atomic E-state index is 5.12. The summed E-state index contributed by atoms with van der Waals surface area (Å²) >= 11 is 3.58. The highest BCUT2D eigenvalue weighted by Crippen LogP contribution is 2.24. The van der Waals surface area contributed by atoms with Gasteiger partial charge in [-0.2, -0.15) is 0 Å². The molecule has 0 bridgehead atoms. The van der Waals surface area contributed by atoms with E-state index in [0.29, 0.717) is 12.0 Å². The van der Waals surface area contributed by atoms with Gasteiger partial charge in [0.1, 0.15) is 0 Å². The average Bonchev–Trinajstić information content (AvgIpc) is 2.16. The summed E-state index contributed by atoms with van der Waals surface area (Å²) in [4.78, 5) is 0. The number of hydrogen-bond donors (Lipinski definition) is 1. The Bertz CT molecular complexity index is 325. The molecule has 0 amide bonds. The molecule has 3 heteroatoms. The van der Waals surface area contributed by atoms with Gasteiger partial charge in [-0.15, -0.1) is 0 Å². The molecule has 1 heterocycles. The third-order valence-corrected chi connectivity index (χ3v) is 3.51. The first-order valence-corrected chi connectivity index (χ1v) is 6.12. The fourth-order valence-electron chi connectivity index (χ4n) is 1.68. The lowest BCUT2D eigenvalue weighted by molar-refractivity contribution is -0.00530. The Hall–Kier alpha value is -0.380. The van der Waals surface area contributed by atoms with Gasteiger partial charge in [-0.3, -0.25) is 0 Å². The fourth-order valence-corrected chi connectivity index (χ4v) is 2.36. The first-order valence-electron chi connectivity index (χ1n) is 5.33. The minimum atomic E-state index is 0.529. The van der Waals surface area contributed by atoms with Crippen molar-refractivity contribution in [1.29, 1.82) is 0 Å². The number of benzene rings is 1. The average molecular weight is 270 g/mol. The first-order chi connectivity index (χ1) is 7.27. The summed E-state index contributed by atoms with van der Waals surface area (Å²) in [5.41, 5.74) is 1.37. The molecule has 1 aromatic carbocycles. The highest BCUT2D eigenvalue weighted by atomic mass is 79.9. The second kappa shape index (κ2) is 5.10. The molecule has 1 aliphatic heterocycles. The van der Waals surface area contributed by atoms with Crippen molar-refractivity contribution in [3.8, 4) is 0 Å². The van der Waals surface area contributed by atoms with E-state index in [9.17, 15) is 0 Å². The topological polar surface area (TPSA) is 21.3 Å². The van der Waals surface area contributed by atoms with Gasteiger partial charge in [0, 0.05) is 11.0 Å². The zero-order valence-electron chi connectivity index (χ0n) is 8.87. The Balaban J connectivity index is 1.89. The molecule has 1 saturated heterocycles. The number of rotatable bonds is 4. The van der Waals surface area contributed by atoms with E-state index in [0.717, 1.165) is 19.8 Å². The Labute approximate surface area is 99.1 Å². The van der Waals surface area contributed by atoms with Crippen molar-refractivity contribution in [1.82, 2.24) is 5.32 Å². The maximum Gasteiger partial charge on any atom is 0.0643 e. The number of halogens is 1. The van der Waals surface area contributed by atoms with Gasteiger partial charge in [0.25, 0.3) is 0 Å². The third-order valence-electron chi connectivity index (χ3n) is 2.79. The van der Waals surface area contributed by atoms with Crippen LogP contribution < -0.4 is 5.32 Å². The van der Waals surface area contributed by atoms with Crippen LogP contribution in [0.15, 0.2) is 28.7 Å². The van der Waals surface area contributed by atoms with E-state index in [1.807, 2.05) is 6.07 Å². The molecule has 0 radical (unpaired) electrons. The summed E-state index contributed by atoms with van der Waals surface area (Å²) in [5.74, 6) is 0.529. The Kier molecular flexibility index (Phi) is 3.78. The van der Waals surface area contributed by atoms with E-state index < -0.39 is 0 Å². The second-order valence-corrected chi connectivity index (χ2v) is 4.92. The standard InChI is InChI=1S/C12H16BrNO/c1-9(6-14-10-7-15-8-10)11-4-2-3-5-12(11)13/h2-5,9-10,14H,6-8H2,1H3. The first kappa shape index (κ1) is 11.1. The zero-order chi connectivity index (χ0) is 10.7. The van der Waals surface area contributed by atoms with Crippen LogP contribution in [0.1, 0.15) is 18.4 Å². The molecular formula is C12H16BrNO. The van der Waals surface area contributed by atoms with Crippen molar-refractivity contribution >= 4 is 15.9 Å². The van der Waals surface area contributed by atoms with Crippen molar-refractivity contribution in [2.45, 2.75) is 18.9 Å². The van der Waals surface area contributed by atoms with Gasteiger partial charge < -0.3 is 10.1 Å². The Morgan fingerprint density at radius 1 is 1.47 bits per heavy atom. The van der Waals surface area contributed by atoms with Crippen LogP contribution in [0.25, 0.3) is 0 Å². The molecule has 1 aromatic rings. The molecule has 0 aromatic heterocycles. The lowest BCUT2D eigenvalue weighted by Gasteiger charge is -2.28. The van der Waals surface area contributed by atoms with Crippen LogP contribution in [0.2, 0.25) is 0 Å². The molecular weight excluding hydrogens is 254 g/mol. The van der Waals surface area contributed by atoms with E-state index in [1.54, 1.807) is 0 Å². The van der Waals surface area contributed by atoms with Gasteiger partial charge in [-0.1, -0.05) is 41.1 Å². The normalized spacial score (nSPS) is 18.5. The third kappa shape index (κ3) is 2.80. The van der Waals surface area contributed by atoms with Gasteiger partial charge >= 0.3 is 0 Å². The van der Waals surface area contributed by atoms with E-state index in [4.69, 9.17) is 4.74 Å². The van der Waals surface area contributed by atoms with Crippen LogP contribution in [0.4, 0.5) is 0 Å².